The van der Waals surface area contributed by atoms with Crippen LogP contribution in [0.1, 0.15) is 19.8 Å². The van der Waals surface area contributed by atoms with Gasteiger partial charge in [-0.05, 0) is 38.2 Å². The molecule has 11 heteroatoms. The SMILES string of the molecule is CCCCN(C)CCNC(=O)CN1C(=O)CSc2ccc(S(=O)(=O)N3CCOCC3)cc21. The van der Waals surface area contributed by atoms with Gasteiger partial charge in [0.15, 0.2) is 0 Å². The van der Waals surface area contributed by atoms with Gasteiger partial charge in [-0.1, -0.05) is 13.3 Å². The van der Waals surface area contributed by atoms with Crippen LogP contribution in [0.3, 0.4) is 0 Å². The summed E-state index contributed by atoms with van der Waals surface area (Å²) < 4.78 is 32.7. The summed E-state index contributed by atoms with van der Waals surface area (Å²) in [7, 11) is -1.68. The van der Waals surface area contributed by atoms with Gasteiger partial charge < -0.3 is 19.9 Å². The van der Waals surface area contributed by atoms with Gasteiger partial charge in [-0.2, -0.15) is 4.31 Å². The van der Waals surface area contributed by atoms with Gasteiger partial charge in [0.1, 0.15) is 6.54 Å². The number of carbonyl (C=O) groups excluding carboxylic acids is 2. The molecule has 0 aliphatic carbocycles. The van der Waals surface area contributed by atoms with Gasteiger partial charge in [0.2, 0.25) is 21.8 Å². The van der Waals surface area contributed by atoms with Gasteiger partial charge >= 0.3 is 0 Å². The Balaban J connectivity index is 1.69. The van der Waals surface area contributed by atoms with E-state index in [9.17, 15) is 18.0 Å². The highest BCUT2D eigenvalue weighted by molar-refractivity contribution is 8.00. The number of sulfonamides is 1. The van der Waals surface area contributed by atoms with Crippen molar-refractivity contribution in [1.82, 2.24) is 14.5 Å². The molecule has 1 N–H and O–H groups in total. The number of unbranched alkanes of at least 4 members (excludes halogenated alkanes) is 1. The number of hydrogen-bond donors (Lipinski definition) is 1. The number of rotatable bonds is 10. The Morgan fingerprint density at radius 1 is 1.25 bits per heavy atom. The second-order valence-corrected chi connectivity index (χ2v) is 10.9. The van der Waals surface area contributed by atoms with Crippen molar-refractivity contribution in [3.8, 4) is 0 Å². The highest BCUT2D eigenvalue weighted by Crippen LogP contribution is 2.37. The molecule has 2 aliphatic heterocycles. The summed E-state index contributed by atoms with van der Waals surface area (Å²) in [6, 6.07) is 4.79. The fourth-order valence-corrected chi connectivity index (χ4v) is 5.92. The predicted molar refractivity (Wildman–Crippen MR) is 125 cm³/mol. The first kappa shape index (κ1) is 25.0. The maximum absolute atomic E-state index is 13.0. The first-order chi connectivity index (χ1) is 15.3. The third-order valence-electron chi connectivity index (χ3n) is 5.49. The van der Waals surface area contributed by atoms with Crippen molar-refractivity contribution in [1.29, 1.82) is 0 Å². The quantitative estimate of drug-likeness (QED) is 0.529. The minimum Gasteiger partial charge on any atom is -0.379 e. The highest BCUT2D eigenvalue weighted by atomic mass is 32.2. The zero-order valence-electron chi connectivity index (χ0n) is 18.7. The zero-order valence-corrected chi connectivity index (χ0v) is 20.3. The van der Waals surface area contributed by atoms with E-state index in [-0.39, 0.29) is 29.0 Å². The number of fused-ring (bicyclic) bond motifs is 1. The lowest BCUT2D eigenvalue weighted by molar-refractivity contribution is -0.123. The van der Waals surface area contributed by atoms with Gasteiger partial charge in [-0.3, -0.25) is 9.59 Å². The van der Waals surface area contributed by atoms with Crippen LogP contribution >= 0.6 is 11.8 Å². The summed E-state index contributed by atoms with van der Waals surface area (Å²) in [6.07, 6.45) is 2.23. The molecule has 0 atom stereocenters. The molecular weight excluding hydrogens is 452 g/mol. The number of nitrogens with one attached hydrogen (secondary N) is 1. The second kappa shape index (κ2) is 11.5. The van der Waals surface area contributed by atoms with E-state index in [0.717, 1.165) is 30.8 Å². The van der Waals surface area contributed by atoms with Crippen LogP contribution in [0, 0.1) is 0 Å². The molecule has 1 saturated heterocycles. The number of ether oxygens (including phenoxy) is 1. The first-order valence-corrected chi connectivity index (χ1v) is 13.4. The summed E-state index contributed by atoms with van der Waals surface area (Å²) in [5.74, 6) is -0.254. The van der Waals surface area contributed by atoms with Gasteiger partial charge in [0, 0.05) is 31.1 Å². The van der Waals surface area contributed by atoms with Crippen LogP contribution in [0.4, 0.5) is 5.69 Å². The summed E-state index contributed by atoms with van der Waals surface area (Å²) in [5.41, 5.74) is 0.468. The Labute approximate surface area is 194 Å². The van der Waals surface area contributed by atoms with Gasteiger partial charge in [-0.15, -0.1) is 11.8 Å². The molecular formula is C21H32N4O5S2. The zero-order chi connectivity index (χ0) is 23.1. The minimum atomic E-state index is -3.70. The topological polar surface area (TPSA) is 99.3 Å². The van der Waals surface area contributed by atoms with Crippen molar-refractivity contribution < 1.29 is 22.7 Å². The molecule has 32 heavy (non-hydrogen) atoms. The van der Waals surface area contributed by atoms with Crippen molar-refractivity contribution in [3.05, 3.63) is 18.2 Å². The van der Waals surface area contributed by atoms with Crippen LogP contribution in [-0.2, 0) is 24.3 Å². The van der Waals surface area contributed by atoms with E-state index in [1.807, 2.05) is 7.05 Å². The molecule has 0 radical (unpaired) electrons. The van der Waals surface area contributed by atoms with Crippen LogP contribution in [0.15, 0.2) is 28.0 Å². The average molecular weight is 485 g/mol. The number of amides is 2. The molecule has 9 nitrogen and oxygen atoms in total. The molecule has 2 aliphatic rings. The molecule has 2 heterocycles. The average Bonchev–Trinajstić information content (AvgIpc) is 2.79. The van der Waals surface area contributed by atoms with Gasteiger partial charge in [0.25, 0.3) is 0 Å². The molecule has 0 unspecified atom stereocenters. The van der Waals surface area contributed by atoms with Gasteiger partial charge in [0.05, 0.1) is 29.5 Å². The van der Waals surface area contributed by atoms with Crippen LogP contribution in [0.25, 0.3) is 0 Å². The number of morpholine rings is 1. The molecule has 178 valence electrons. The predicted octanol–water partition coefficient (Wildman–Crippen LogP) is 0.994. The minimum absolute atomic E-state index is 0.122. The van der Waals surface area contributed by atoms with Crippen LogP contribution < -0.4 is 10.2 Å². The number of thioether (sulfide) groups is 1. The summed E-state index contributed by atoms with van der Waals surface area (Å²) in [4.78, 5) is 29.6. The standard InChI is InChI=1S/C21H32N4O5S2/c1-3-4-8-23(2)9-7-22-20(26)15-25-18-14-17(5-6-19(18)31-16-21(25)27)32(28,29)24-10-12-30-13-11-24/h5-6,14H,3-4,7-13,15-16H2,1-2H3,(H,22,26). The van der Waals surface area contributed by atoms with Crippen LogP contribution in [-0.4, -0.2) is 94.7 Å². The number of carbonyl (C=O) groups is 2. The Morgan fingerprint density at radius 2 is 2.00 bits per heavy atom. The third kappa shape index (κ3) is 6.22. The van der Waals surface area contributed by atoms with E-state index in [2.05, 4.69) is 17.1 Å². The van der Waals surface area contributed by atoms with Gasteiger partial charge in [-0.25, -0.2) is 8.42 Å². The Kier molecular flexibility index (Phi) is 8.95. The smallest absolute Gasteiger partial charge is 0.243 e. The Morgan fingerprint density at radius 3 is 2.72 bits per heavy atom. The Bertz CT molecular complexity index is 919. The molecule has 0 spiro atoms. The van der Waals surface area contributed by atoms with E-state index in [1.165, 1.54) is 27.0 Å². The summed E-state index contributed by atoms with van der Waals surface area (Å²) >= 11 is 1.35. The normalized spacial score (nSPS) is 17.5. The lowest BCUT2D eigenvalue weighted by Crippen LogP contribution is -2.45. The van der Waals surface area contributed by atoms with E-state index in [4.69, 9.17) is 4.74 Å². The van der Waals surface area contributed by atoms with E-state index in [0.29, 0.717) is 38.5 Å². The van der Waals surface area contributed by atoms with Crippen molar-refractivity contribution in [2.24, 2.45) is 0 Å². The largest absolute Gasteiger partial charge is 0.379 e. The molecule has 1 aromatic carbocycles. The van der Waals surface area contributed by atoms with E-state index in [1.54, 1.807) is 12.1 Å². The van der Waals surface area contributed by atoms with Crippen molar-refractivity contribution in [2.75, 3.05) is 70.2 Å². The van der Waals surface area contributed by atoms with Crippen molar-refractivity contribution >= 4 is 39.3 Å². The molecule has 0 bridgehead atoms. The number of nitrogens with zero attached hydrogens (tertiary/aromatic N) is 3. The monoisotopic (exact) mass is 484 g/mol. The molecule has 2 amide bonds. The maximum Gasteiger partial charge on any atom is 0.243 e. The lowest BCUT2D eigenvalue weighted by atomic mass is 10.2. The van der Waals surface area contributed by atoms with Crippen LogP contribution in [0.5, 0.6) is 0 Å². The molecule has 0 aromatic heterocycles. The lowest BCUT2D eigenvalue weighted by Gasteiger charge is -2.30. The number of hydrogen-bond acceptors (Lipinski definition) is 7. The first-order valence-electron chi connectivity index (χ1n) is 10.9. The Hall–Kier alpha value is -1.66. The van der Waals surface area contributed by atoms with Crippen LogP contribution in [0.2, 0.25) is 0 Å². The molecule has 0 saturated carbocycles. The summed E-state index contributed by atoms with van der Waals surface area (Å²) in [6.45, 7) is 5.52. The molecule has 3 rings (SSSR count). The second-order valence-electron chi connectivity index (χ2n) is 7.92. The third-order valence-corrected chi connectivity index (χ3v) is 8.43. The van der Waals surface area contributed by atoms with Crippen molar-refractivity contribution in [3.63, 3.8) is 0 Å². The number of likely N-dealkylation sites (N-methyl/N-ethyl adjacent to an activating group) is 1. The number of benzene rings is 1. The molecule has 1 aromatic rings. The summed E-state index contributed by atoms with van der Waals surface area (Å²) in [5, 5.41) is 2.86. The van der Waals surface area contributed by atoms with Crippen molar-refractivity contribution in [2.45, 2.75) is 29.6 Å². The fourth-order valence-electron chi connectivity index (χ4n) is 3.58. The number of anilines is 1. The molecule has 1 fully saturated rings. The maximum atomic E-state index is 13.0. The fraction of sp³-hybridized carbons (Fsp3) is 0.619. The van der Waals surface area contributed by atoms with E-state index >= 15 is 0 Å². The highest BCUT2D eigenvalue weighted by Gasteiger charge is 2.31. The van der Waals surface area contributed by atoms with E-state index < -0.39 is 10.0 Å².